The van der Waals surface area contributed by atoms with E-state index < -0.39 is 9.84 Å². The number of sulfone groups is 1. The molecule has 1 aliphatic rings. The van der Waals surface area contributed by atoms with Crippen LogP contribution in [0.5, 0.6) is 0 Å². The fourth-order valence-electron chi connectivity index (χ4n) is 2.15. The molecule has 0 aliphatic carbocycles. The van der Waals surface area contributed by atoms with E-state index in [2.05, 4.69) is 37.9 Å². The monoisotopic (exact) mass is 276 g/mol. The average molecular weight is 276 g/mol. The Bertz CT molecular complexity index is 365. The van der Waals surface area contributed by atoms with E-state index in [1.807, 2.05) is 7.05 Å². The zero-order valence-electron chi connectivity index (χ0n) is 12.4. The quantitative estimate of drug-likeness (QED) is 0.794. The third-order valence-corrected chi connectivity index (χ3v) is 5.99. The Morgan fingerprint density at radius 3 is 2.50 bits per heavy atom. The summed E-state index contributed by atoms with van der Waals surface area (Å²) in [6.07, 6.45) is 1.86. The predicted molar refractivity (Wildman–Crippen MR) is 76.7 cm³/mol. The fourth-order valence-corrected chi connectivity index (χ4v) is 3.94. The molecule has 0 aromatic heterocycles. The highest BCUT2D eigenvalue weighted by molar-refractivity contribution is 7.91. The molecule has 0 bridgehead atoms. The highest BCUT2D eigenvalue weighted by atomic mass is 32.2. The smallest absolute Gasteiger partial charge is 0.151 e. The highest BCUT2D eigenvalue weighted by Gasteiger charge is 2.32. The van der Waals surface area contributed by atoms with Gasteiger partial charge < -0.3 is 5.32 Å². The molecular weight excluding hydrogens is 248 g/mol. The Balaban J connectivity index is 2.45. The van der Waals surface area contributed by atoms with Crippen LogP contribution in [0.15, 0.2) is 0 Å². The van der Waals surface area contributed by atoms with Gasteiger partial charge in [-0.05, 0) is 40.7 Å². The maximum atomic E-state index is 11.5. The van der Waals surface area contributed by atoms with Gasteiger partial charge in [-0.1, -0.05) is 6.92 Å². The SMILES string of the molecule is CCC(C)(C)NCC(C)N(C)C1CCS(=O)(=O)C1. The lowest BCUT2D eigenvalue weighted by atomic mass is 10.0. The summed E-state index contributed by atoms with van der Waals surface area (Å²) < 4.78 is 23.0. The normalized spacial score (nSPS) is 25.6. The Kier molecular flexibility index (Phi) is 5.21. The lowest BCUT2D eigenvalue weighted by Crippen LogP contribution is -2.49. The molecule has 2 atom stereocenters. The molecule has 4 nitrogen and oxygen atoms in total. The number of hydrogen-bond acceptors (Lipinski definition) is 4. The summed E-state index contributed by atoms with van der Waals surface area (Å²) in [5.74, 6) is 0.674. The molecule has 1 aliphatic heterocycles. The van der Waals surface area contributed by atoms with E-state index in [-0.39, 0.29) is 11.6 Å². The van der Waals surface area contributed by atoms with Gasteiger partial charge in [0.05, 0.1) is 11.5 Å². The maximum absolute atomic E-state index is 11.5. The van der Waals surface area contributed by atoms with E-state index in [0.717, 1.165) is 19.4 Å². The van der Waals surface area contributed by atoms with Gasteiger partial charge in [-0.2, -0.15) is 0 Å². The van der Waals surface area contributed by atoms with Crippen molar-refractivity contribution in [3.63, 3.8) is 0 Å². The van der Waals surface area contributed by atoms with Gasteiger partial charge in [0, 0.05) is 24.2 Å². The second-order valence-electron chi connectivity index (χ2n) is 6.19. The van der Waals surface area contributed by atoms with Gasteiger partial charge >= 0.3 is 0 Å². The number of nitrogens with zero attached hydrogens (tertiary/aromatic N) is 1. The zero-order valence-corrected chi connectivity index (χ0v) is 13.2. The Hall–Kier alpha value is -0.130. The van der Waals surface area contributed by atoms with Gasteiger partial charge in [0.25, 0.3) is 0 Å². The van der Waals surface area contributed by atoms with Crippen molar-refractivity contribution in [3.05, 3.63) is 0 Å². The van der Waals surface area contributed by atoms with E-state index in [0.29, 0.717) is 17.5 Å². The minimum absolute atomic E-state index is 0.150. The molecule has 0 aromatic rings. The van der Waals surface area contributed by atoms with Crippen LogP contribution in [-0.4, -0.2) is 56.0 Å². The summed E-state index contributed by atoms with van der Waals surface area (Å²) in [5, 5.41) is 3.54. The first kappa shape index (κ1) is 15.9. The summed E-state index contributed by atoms with van der Waals surface area (Å²) in [6, 6.07) is 0.547. The molecule has 1 saturated heterocycles. The minimum Gasteiger partial charge on any atom is -0.310 e. The largest absolute Gasteiger partial charge is 0.310 e. The highest BCUT2D eigenvalue weighted by Crippen LogP contribution is 2.18. The molecule has 1 N–H and O–H groups in total. The summed E-state index contributed by atoms with van der Waals surface area (Å²) in [7, 11) is -0.746. The van der Waals surface area contributed by atoms with Gasteiger partial charge in [0.15, 0.2) is 9.84 Å². The molecule has 1 heterocycles. The molecule has 1 rings (SSSR count). The van der Waals surface area contributed by atoms with Crippen LogP contribution in [0, 0.1) is 0 Å². The maximum Gasteiger partial charge on any atom is 0.151 e. The first-order valence-electron chi connectivity index (χ1n) is 6.84. The van der Waals surface area contributed by atoms with Crippen molar-refractivity contribution < 1.29 is 8.42 Å². The molecule has 0 radical (unpaired) electrons. The third kappa shape index (κ3) is 4.52. The number of nitrogens with one attached hydrogen (secondary N) is 1. The summed E-state index contributed by atoms with van der Waals surface area (Å²) in [6.45, 7) is 9.61. The topological polar surface area (TPSA) is 49.4 Å². The molecule has 0 aromatic carbocycles. The van der Waals surface area contributed by atoms with Crippen molar-refractivity contribution in [2.45, 2.75) is 58.2 Å². The third-order valence-electron chi connectivity index (χ3n) is 4.24. The second kappa shape index (κ2) is 5.88. The average Bonchev–Trinajstić information content (AvgIpc) is 2.65. The number of likely N-dealkylation sites (N-methyl/N-ethyl adjacent to an activating group) is 1. The lowest BCUT2D eigenvalue weighted by Gasteiger charge is -2.33. The number of hydrogen-bond donors (Lipinski definition) is 1. The molecule has 108 valence electrons. The molecule has 1 fully saturated rings. The van der Waals surface area contributed by atoms with Crippen molar-refractivity contribution >= 4 is 9.84 Å². The Morgan fingerprint density at radius 2 is 2.06 bits per heavy atom. The van der Waals surface area contributed by atoms with Crippen molar-refractivity contribution in [2.24, 2.45) is 0 Å². The van der Waals surface area contributed by atoms with Crippen LogP contribution in [0.1, 0.15) is 40.5 Å². The molecule has 0 amide bonds. The van der Waals surface area contributed by atoms with Crippen molar-refractivity contribution in [2.75, 3.05) is 25.1 Å². The van der Waals surface area contributed by atoms with Crippen LogP contribution in [-0.2, 0) is 9.84 Å². The van der Waals surface area contributed by atoms with E-state index >= 15 is 0 Å². The zero-order chi connectivity index (χ0) is 14.0. The Morgan fingerprint density at radius 1 is 1.44 bits per heavy atom. The van der Waals surface area contributed by atoms with Crippen molar-refractivity contribution in [1.82, 2.24) is 10.2 Å². The van der Waals surface area contributed by atoms with Crippen LogP contribution < -0.4 is 5.32 Å². The van der Waals surface area contributed by atoms with E-state index in [1.165, 1.54) is 0 Å². The van der Waals surface area contributed by atoms with Gasteiger partial charge in [0.2, 0.25) is 0 Å². The standard InChI is InChI=1S/C13H28N2O2S/c1-6-13(3,4)14-9-11(2)15(5)12-7-8-18(16,17)10-12/h11-12,14H,6-10H2,1-5H3. The first-order valence-corrected chi connectivity index (χ1v) is 8.66. The van der Waals surface area contributed by atoms with Crippen LogP contribution in [0.4, 0.5) is 0 Å². The summed E-state index contributed by atoms with van der Waals surface area (Å²) in [5.41, 5.74) is 0.150. The number of rotatable bonds is 6. The van der Waals surface area contributed by atoms with Gasteiger partial charge in [-0.15, -0.1) is 0 Å². The fraction of sp³-hybridized carbons (Fsp3) is 1.00. The summed E-state index contributed by atoms with van der Waals surface area (Å²) in [4.78, 5) is 2.21. The van der Waals surface area contributed by atoms with E-state index in [9.17, 15) is 8.42 Å². The van der Waals surface area contributed by atoms with Crippen LogP contribution >= 0.6 is 0 Å². The molecule has 2 unspecified atom stereocenters. The van der Waals surface area contributed by atoms with Crippen molar-refractivity contribution in [3.8, 4) is 0 Å². The van der Waals surface area contributed by atoms with Crippen LogP contribution in [0.2, 0.25) is 0 Å². The molecular formula is C13H28N2O2S. The molecule has 0 saturated carbocycles. The predicted octanol–water partition coefficient (Wildman–Crippen LogP) is 1.27. The van der Waals surface area contributed by atoms with Crippen LogP contribution in [0.25, 0.3) is 0 Å². The molecule has 18 heavy (non-hydrogen) atoms. The minimum atomic E-state index is -2.78. The van der Waals surface area contributed by atoms with Crippen molar-refractivity contribution in [1.29, 1.82) is 0 Å². The second-order valence-corrected chi connectivity index (χ2v) is 8.42. The van der Waals surface area contributed by atoms with Crippen LogP contribution in [0.3, 0.4) is 0 Å². The van der Waals surface area contributed by atoms with Gasteiger partial charge in [-0.25, -0.2) is 8.42 Å². The van der Waals surface area contributed by atoms with Gasteiger partial charge in [0.1, 0.15) is 0 Å². The first-order chi connectivity index (χ1) is 8.17. The Labute approximate surface area is 112 Å². The van der Waals surface area contributed by atoms with E-state index in [4.69, 9.17) is 0 Å². The lowest BCUT2D eigenvalue weighted by molar-refractivity contribution is 0.183. The van der Waals surface area contributed by atoms with E-state index in [1.54, 1.807) is 0 Å². The molecule has 0 spiro atoms. The summed E-state index contributed by atoms with van der Waals surface area (Å²) >= 11 is 0. The van der Waals surface area contributed by atoms with Gasteiger partial charge in [-0.3, -0.25) is 4.90 Å². The molecule has 5 heteroatoms.